The molecule has 80 valence electrons. The summed E-state index contributed by atoms with van der Waals surface area (Å²) in [4.78, 5) is 24.5. The van der Waals surface area contributed by atoms with Crippen LogP contribution in [0.15, 0.2) is 15.8 Å². The second kappa shape index (κ2) is 4.97. The summed E-state index contributed by atoms with van der Waals surface area (Å²) in [6.07, 6.45) is 1.51. The van der Waals surface area contributed by atoms with E-state index in [0.29, 0.717) is 5.56 Å². The maximum absolute atomic E-state index is 11.2. The molecule has 0 aliphatic heterocycles. The Kier molecular flexibility index (Phi) is 4.59. The zero-order chi connectivity index (χ0) is 10.0. The fraction of sp³-hybridized carbons (Fsp3) is 0.500. The Hall–Kier alpha value is -1.07. The molecule has 0 bridgehead atoms. The van der Waals surface area contributed by atoms with Crippen molar-refractivity contribution in [3.05, 3.63) is 32.6 Å². The topological polar surface area (TPSA) is 80.9 Å². The van der Waals surface area contributed by atoms with E-state index in [1.165, 1.54) is 10.8 Å². The minimum absolute atomic E-state index is 0. The Balaban J connectivity index is 0.00000169. The van der Waals surface area contributed by atoms with E-state index >= 15 is 0 Å². The first-order chi connectivity index (χ1) is 6.06. The number of hydrogen-bond acceptors (Lipinski definition) is 3. The van der Waals surface area contributed by atoms with Gasteiger partial charge in [-0.2, -0.15) is 0 Å². The van der Waals surface area contributed by atoms with Gasteiger partial charge < -0.3 is 5.73 Å². The normalized spacial score (nSPS) is 10.0. The molecule has 0 aromatic carbocycles. The summed E-state index contributed by atoms with van der Waals surface area (Å²) in [7, 11) is 0. The summed E-state index contributed by atoms with van der Waals surface area (Å²) in [5.41, 5.74) is 4.97. The summed E-state index contributed by atoms with van der Waals surface area (Å²) in [6.45, 7) is 3.86. The van der Waals surface area contributed by atoms with Crippen molar-refractivity contribution in [3.63, 3.8) is 0 Å². The molecule has 0 saturated heterocycles. The molecular weight excluding hydrogens is 206 g/mol. The van der Waals surface area contributed by atoms with Crippen LogP contribution in [0.3, 0.4) is 0 Å². The van der Waals surface area contributed by atoms with Gasteiger partial charge in [0.2, 0.25) is 0 Å². The molecular formula is C8H14ClN3O2. The molecule has 0 fully saturated rings. The Bertz CT molecular complexity index is 408. The lowest BCUT2D eigenvalue weighted by atomic mass is 10.3. The SMILES string of the molecule is CC(C)n1cc(CN)c(=O)[nH]c1=O.Cl. The predicted molar refractivity (Wildman–Crippen MR) is 56.8 cm³/mol. The highest BCUT2D eigenvalue weighted by Gasteiger charge is 2.04. The molecule has 0 radical (unpaired) electrons. The van der Waals surface area contributed by atoms with Gasteiger partial charge in [-0.15, -0.1) is 12.4 Å². The number of nitrogens with one attached hydrogen (secondary N) is 1. The first-order valence-electron chi connectivity index (χ1n) is 4.10. The Morgan fingerprint density at radius 2 is 2.07 bits per heavy atom. The van der Waals surface area contributed by atoms with Crippen molar-refractivity contribution >= 4 is 12.4 Å². The molecule has 14 heavy (non-hydrogen) atoms. The minimum Gasteiger partial charge on any atom is -0.326 e. The number of nitrogens with two attached hydrogens (primary N) is 1. The van der Waals surface area contributed by atoms with Crippen LogP contribution in [0.5, 0.6) is 0 Å². The number of hydrogen-bond donors (Lipinski definition) is 2. The standard InChI is InChI=1S/C8H13N3O2.ClH/c1-5(2)11-4-6(3-9)7(12)10-8(11)13;/h4-5H,3,9H2,1-2H3,(H,10,12,13);1H. The molecule has 1 heterocycles. The first-order valence-corrected chi connectivity index (χ1v) is 4.10. The zero-order valence-electron chi connectivity index (χ0n) is 8.11. The van der Waals surface area contributed by atoms with Crippen LogP contribution in [0.2, 0.25) is 0 Å². The molecule has 1 aromatic heterocycles. The summed E-state index contributed by atoms with van der Waals surface area (Å²) in [5.74, 6) is 0. The lowest BCUT2D eigenvalue weighted by Gasteiger charge is -2.09. The van der Waals surface area contributed by atoms with Crippen molar-refractivity contribution in [2.45, 2.75) is 26.4 Å². The van der Waals surface area contributed by atoms with Crippen molar-refractivity contribution < 1.29 is 0 Å². The third-order valence-corrected chi connectivity index (χ3v) is 1.82. The van der Waals surface area contributed by atoms with Crippen LogP contribution in [0.4, 0.5) is 0 Å². The van der Waals surface area contributed by atoms with Crippen LogP contribution < -0.4 is 17.0 Å². The van der Waals surface area contributed by atoms with E-state index in [0.717, 1.165) is 0 Å². The molecule has 1 aromatic rings. The highest BCUT2D eigenvalue weighted by molar-refractivity contribution is 5.85. The van der Waals surface area contributed by atoms with Gasteiger partial charge in [0.1, 0.15) is 0 Å². The van der Waals surface area contributed by atoms with E-state index in [1.54, 1.807) is 0 Å². The Labute approximate surface area is 87.4 Å². The van der Waals surface area contributed by atoms with E-state index in [4.69, 9.17) is 5.73 Å². The largest absolute Gasteiger partial charge is 0.328 e. The molecule has 1 rings (SSSR count). The van der Waals surface area contributed by atoms with E-state index < -0.39 is 11.2 Å². The van der Waals surface area contributed by atoms with Gasteiger partial charge in [0.15, 0.2) is 0 Å². The van der Waals surface area contributed by atoms with Gasteiger partial charge in [0.25, 0.3) is 5.56 Å². The highest BCUT2D eigenvalue weighted by Crippen LogP contribution is 1.98. The number of aromatic amines is 1. The van der Waals surface area contributed by atoms with E-state index in [2.05, 4.69) is 4.98 Å². The fourth-order valence-electron chi connectivity index (χ4n) is 1.06. The molecule has 5 nitrogen and oxygen atoms in total. The van der Waals surface area contributed by atoms with Gasteiger partial charge in [-0.1, -0.05) is 0 Å². The maximum Gasteiger partial charge on any atom is 0.328 e. The zero-order valence-corrected chi connectivity index (χ0v) is 8.93. The second-order valence-corrected chi connectivity index (χ2v) is 3.12. The van der Waals surface area contributed by atoms with Crippen LogP contribution in [0.1, 0.15) is 25.5 Å². The maximum atomic E-state index is 11.2. The van der Waals surface area contributed by atoms with Gasteiger partial charge in [-0.05, 0) is 13.8 Å². The van der Waals surface area contributed by atoms with E-state index in [-0.39, 0.29) is 25.0 Å². The van der Waals surface area contributed by atoms with Crippen LogP contribution in [0.25, 0.3) is 0 Å². The van der Waals surface area contributed by atoms with Crippen LogP contribution in [0, 0.1) is 0 Å². The quantitative estimate of drug-likeness (QED) is 0.735. The molecule has 3 N–H and O–H groups in total. The lowest BCUT2D eigenvalue weighted by Crippen LogP contribution is -2.33. The predicted octanol–water partition coefficient (Wildman–Crippen LogP) is -0.00200. The van der Waals surface area contributed by atoms with Gasteiger partial charge in [0.05, 0.1) is 0 Å². The van der Waals surface area contributed by atoms with Gasteiger partial charge in [-0.25, -0.2) is 4.79 Å². The number of halogens is 1. The van der Waals surface area contributed by atoms with E-state index in [1.807, 2.05) is 13.8 Å². The number of aromatic nitrogens is 2. The first kappa shape index (κ1) is 12.9. The molecule has 0 saturated carbocycles. The van der Waals surface area contributed by atoms with Crippen molar-refractivity contribution in [3.8, 4) is 0 Å². The Morgan fingerprint density at radius 1 is 1.50 bits per heavy atom. The summed E-state index contributed by atoms with van der Waals surface area (Å²) in [5, 5.41) is 0. The number of H-pyrrole nitrogens is 1. The van der Waals surface area contributed by atoms with Crippen LogP contribution >= 0.6 is 12.4 Å². The third kappa shape index (κ3) is 2.46. The van der Waals surface area contributed by atoms with Crippen molar-refractivity contribution in [2.75, 3.05) is 0 Å². The van der Waals surface area contributed by atoms with Crippen molar-refractivity contribution in [1.82, 2.24) is 9.55 Å². The molecule has 0 atom stereocenters. The molecule has 0 aliphatic carbocycles. The van der Waals surface area contributed by atoms with Crippen LogP contribution in [-0.2, 0) is 6.54 Å². The molecule has 0 aliphatic rings. The molecule has 6 heteroatoms. The molecule has 0 amide bonds. The minimum atomic E-state index is -0.399. The van der Waals surface area contributed by atoms with Gasteiger partial charge in [0, 0.05) is 24.3 Å². The Morgan fingerprint density at radius 3 is 2.50 bits per heavy atom. The monoisotopic (exact) mass is 219 g/mol. The number of rotatable bonds is 2. The van der Waals surface area contributed by atoms with Crippen molar-refractivity contribution in [1.29, 1.82) is 0 Å². The van der Waals surface area contributed by atoms with Crippen LogP contribution in [-0.4, -0.2) is 9.55 Å². The van der Waals surface area contributed by atoms with Gasteiger partial charge in [-0.3, -0.25) is 14.3 Å². The summed E-state index contributed by atoms with van der Waals surface area (Å²) >= 11 is 0. The fourth-order valence-corrected chi connectivity index (χ4v) is 1.06. The average Bonchev–Trinajstić information content (AvgIpc) is 2.03. The lowest BCUT2D eigenvalue weighted by molar-refractivity contribution is 0.556. The van der Waals surface area contributed by atoms with E-state index in [9.17, 15) is 9.59 Å². The summed E-state index contributed by atoms with van der Waals surface area (Å²) < 4.78 is 1.45. The second-order valence-electron chi connectivity index (χ2n) is 3.12. The average molecular weight is 220 g/mol. The highest BCUT2D eigenvalue weighted by atomic mass is 35.5. The molecule has 0 unspecified atom stereocenters. The van der Waals surface area contributed by atoms with Crippen molar-refractivity contribution in [2.24, 2.45) is 5.73 Å². The smallest absolute Gasteiger partial charge is 0.326 e. The molecule has 0 spiro atoms. The summed E-state index contributed by atoms with van der Waals surface area (Å²) in [6, 6.07) is 0.0228. The third-order valence-electron chi connectivity index (χ3n) is 1.82. The van der Waals surface area contributed by atoms with Gasteiger partial charge >= 0.3 is 5.69 Å². The number of nitrogens with zero attached hydrogens (tertiary/aromatic N) is 1.